The highest BCUT2D eigenvalue weighted by atomic mass is 16.3. The van der Waals surface area contributed by atoms with E-state index in [1.54, 1.807) is 0 Å². The molecule has 0 spiro atoms. The van der Waals surface area contributed by atoms with Crippen LogP contribution in [0, 0.1) is 0 Å². The van der Waals surface area contributed by atoms with Crippen molar-refractivity contribution in [3.8, 4) is 11.4 Å². The Morgan fingerprint density at radius 1 is 0.500 bits per heavy atom. The van der Waals surface area contributed by atoms with Crippen LogP contribution in [0.15, 0.2) is 196 Å². The van der Waals surface area contributed by atoms with Gasteiger partial charge in [0.1, 0.15) is 23.2 Å². The number of aliphatic imine (C=N–C) groups is 2. The van der Waals surface area contributed by atoms with Gasteiger partial charge in [0.2, 0.25) is 11.7 Å². The van der Waals surface area contributed by atoms with E-state index < -0.39 is 0 Å². The minimum atomic E-state index is -0.343. The average Bonchev–Trinajstić information content (AvgIpc) is 4.03. The number of nitrogens with one attached hydrogen (secondary N) is 1. The second-order valence-corrected chi connectivity index (χ2v) is 14.3. The number of amidine groups is 1. The summed E-state index contributed by atoms with van der Waals surface area (Å²) in [6.07, 6.45) is -0.343. The van der Waals surface area contributed by atoms with Crippen molar-refractivity contribution in [3.63, 3.8) is 0 Å². The Kier molecular flexibility index (Phi) is 7.86. The lowest BCUT2D eigenvalue weighted by molar-refractivity contribution is 0.645. The van der Waals surface area contributed by atoms with Gasteiger partial charge in [-0.3, -0.25) is 13.7 Å². The Morgan fingerprint density at radius 2 is 1.09 bits per heavy atom. The SMILES string of the molecule is CC.c1ccc(C2=NC(n3c4ccccc4c4c5ccccc5n(-c5ccc6c(c5)c5c7ccccc7oc5n6-c5ccccc5)c43)=NC(c3ccccc3)N2)cc1. The van der Waals surface area contributed by atoms with Gasteiger partial charge in [0, 0.05) is 43.9 Å². The Bertz CT molecular complexity index is 3380. The molecule has 1 aliphatic rings. The molecule has 0 saturated heterocycles. The molecular weight excluding hydrogens is 713 g/mol. The second kappa shape index (κ2) is 13.5. The predicted molar refractivity (Wildman–Crippen MR) is 240 cm³/mol. The van der Waals surface area contributed by atoms with Crippen LogP contribution < -0.4 is 5.32 Å². The number of hydrogen-bond acceptors (Lipinski definition) is 4. The third-order valence-electron chi connectivity index (χ3n) is 11.1. The normalized spacial score (nSPS) is 14.2. The van der Waals surface area contributed by atoms with Crippen LogP contribution in [-0.2, 0) is 0 Å². The summed E-state index contributed by atoms with van der Waals surface area (Å²) in [6.45, 7) is 4.00. The molecule has 1 N–H and O–H groups in total. The summed E-state index contributed by atoms with van der Waals surface area (Å²) >= 11 is 0. The smallest absolute Gasteiger partial charge is 0.235 e. The summed E-state index contributed by atoms with van der Waals surface area (Å²) in [6, 6.07) is 63.6. The van der Waals surface area contributed by atoms with Crippen molar-refractivity contribution in [1.82, 2.24) is 19.0 Å². The van der Waals surface area contributed by atoms with E-state index in [4.69, 9.17) is 14.4 Å². The second-order valence-electron chi connectivity index (χ2n) is 14.3. The zero-order chi connectivity index (χ0) is 38.7. The van der Waals surface area contributed by atoms with Crippen LogP contribution in [0.5, 0.6) is 0 Å². The molecule has 0 bridgehead atoms. The van der Waals surface area contributed by atoms with E-state index in [1.165, 1.54) is 5.39 Å². The van der Waals surface area contributed by atoms with Crippen molar-refractivity contribution in [2.75, 3.05) is 0 Å². The largest absolute Gasteiger partial charge is 0.439 e. The molecule has 0 aliphatic carbocycles. The first-order valence-electron chi connectivity index (χ1n) is 19.9. The number of benzene rings is 7. The Hall–Kier alpha value is -7.64. The molecular formula is C51H38N6O. The maximum atomic E-state index is 6.64. The number of hydrogen-bond donors (Lipinski definition) is 1. The van der Waals surface area contributed by atoms with Gasteiger partial charge in [-0.05, 0) is 54.1 Å². The van der Waals surface area contributed by atoms with Gasteiger partial charge < -0.3 is 9.73 Å². The van der Waals surface area contributed by atoms with Gasteiger partial charge in [-0.1, -0.05) is 147 Å². The van der Waals surface area contributed by atoms with Crippen LogP contribution in [-0.4, -0.2) is 25.5 Å². The van der Waals surface area contributed by atoms with Gasteiger partial charge in [-0.15, -0.1) is 0 Å². The first kappa shape index (κ1) is 33.7. The number of nitrogens with zero attached hydrogens (tertiary/aromatic N) is 5. The fourth-order valence-corrected chi connectivity index (χ4v) is 8.70. The van der Waals surface area contributed by atoms with Crippen molar-refractivity contribution in [1.29, 1.82) is 0 Å². The summed E-state index contributed by atoms with van der Waals surface area (Å²) in [5.41, 5.74) is 10.1. The summed E-state index contributed by atoms with van der Waals surface area (Å²) in [7, 11) is 0. The first-order valence-corrected chi connectivity index (χ1v) is 19.9. The summed E-state index contributed by atoms with van der Waals surface area (Å²) in [5, 5.41) is 10.4. The van der Waals surface area contributed by atoms with E-state index in [0.717, 1.165) is 88.8 Å². The monoisotopic (exact) mass is 750 g/mol. The van der Waals surface area contributed by atoms with Crippen LogP contribution in [0.25, 0.3) is 77.2 Å². The lowest BCUT2D eigenvalue weighted by Gasteiger charge is -2.24. The van der Waals surface area contributed by atoms with E-state index in [9.17, 15) is 0 Å². The van der Waals surface area contributed by atoms with Gasteiger partial charge in [0.15, 0.2) is 0 Å². The zero-order valence-corrected chi connectivity index (χ0v) is 32.0. The summed E-state index contributed by atoms with van der Waals surface area (Å²) in [5.74, 6) is 1.39. The molecule has 0 saturated carbocycles. The molecule has 0 amide bonds. The first-order chi connectivity index (χ1) is 28.8. The lowest BCUT2D eigenvalue weighted by Crippen LogP contribution is -2.35. The number of furan rings is 1. The average molecular weight is 751 g/mol. The molecule has 11 aromatic rings. The topological polar surface area (TPSA) is 64.7 Å². The van der Waals surface area contributed by atoms with Gasteiger partial charge >= 0.3 is 0 Å². The molecule has 0 radical (unpaired) electrons. The number of fused-ring (bicyclic) bond motifs is 10. The molecule has 4 aromatic heterocycles. The standard InChI is InChI=1S/C49H32N6O.C2H6/c1-4-16-31(17-5-1)45-50-46(32-18-6-2-7-19-32)52-49(51-45)55-40-26-14-11-23-36(40)43-35-22-10-13-25-39(35)53(47(43)55)34-28-29-41-38(30-34)44-37-24-12-15-27-42(37)56-48(44)54(41)33-20-8-3-9-21-33;1-2/h1-30,45H,(H,50,51,52);1-2H3. The van der Waals surface area contributed by atoms with Gasteiger partial charge in [-0.25, -0.2) is 4.99 Å². The van der Waals surface area contributed by atoms with E-state index in [1.807, 2.05) is 50.2 Å². The third-order valence-corrected chi connectivity index (χ3v) is 11.1. The van der Waals surface area contributed by atoms with Crippen molar-refractivity contribution in [2.45, 2.75) is 20.0 Å². The fraction of sp³-hybridized carbons (Fsp3) is 0.0588. The zero-order valence-electron chi connectivity index (χ0n) is 32.0. The molecule has 58 heavy (non-hydrogen) atoms. The molecule has 7 aromatic carbocycles. The van der Waals surface area contributed by atoms with Gasteiger partial charge in [0.25, 0.3) is 0 Å². The molecule has 12 rings (SSSR count). The maximum absolute atomic E-state index is 6.64. The molecule has 0 fully saturated rings. The number of rotatable bonds is 4. The molecule has 1 aliphatic heterocycles. The van der Waals surface area contributed by atoms with Crippen molar-refractivity contribution in [3.05, 3.63) is 193 Å². The van der Waals surface area contributed by atoms with Crippen LogP contribution in [0.4, 0.5) is 0 Å². The Labute approximate surface area is 334 Å². The van der Waals surface area contributed by atoms with Crippen LogP contribution in [0.2, 0.25) is 0 Å². The molecule has 278 valence electrons. The minimum absolute atomic E-state index is 0.343. The molecule has 1 atom stereocenters. The van der Waals surface area contributed by atoms with Gasteiger partial charge in [-0.2, -0.15) is 4.99 Å². The lowest BCUT2D eigenvalue weighted by atomic mass is 10.1. The molecule has 7 nitrogen and oxygen atoms in total. The predicted octanol–water partition coefficient (Wildman–Crippen LogP) is 12.6. The van der Waals surface area contributed by atoms with Crippen LogP contribution in [0.1, 0.15) is 31.1 Å². The van der Waals surface area contributed by atoms with Gasteiger partial charge in [0.05, 0.1) is 21.9 Å². The van der Waals surface area contributed by atoms with Crippen LogP contribution in [0.3, 0.4) is 0 Å². The highest BCUT2D eigenvalue weighted by Gasteiger charge is 2.28. The van der Waals surface area contributed by atoms with Crippen LogP contribution >= 0.6 is 0 Å². The number of para-hydroxylation sites is 4. The summed E-state index contributed by atoms with van der Waals surface area (Å²) < 4.78 is 13.5. The Morgan fingerprint density at radius 3 is 1.81 bits per heavy atom. The van der Waals surface area contributed by atoms with Crippen molar-refractivity contribution < 1.29 is 4.42 Å². The minimum Gasteiger partial charge on any atom is -0.439 e. The van der Waals surface area contributed by atoms with Crippen molar-refractivity contribution >= 4 is 77.6 Å². The third kappa shape index (κ3) is 5.06. The van der Waals surface area contributed by atoms with E-state index in [-0.39, 0.29) is 6.17 Å². The highest BCUT2D eigenvalue weighted by Crippen LogP contribution is 2.43. The highest BCUT2D eigenvalue weighted by molar-refractivity contribution is 6.26. The van der Waals surface area contributed by atoms with Crippen molar-refractivity contribution in [2.24, 2.45) is 9.98 Å². The van der Waals surface area contributed by atoms with E-state index >= 15 is 0 Å². The summed E-state index contributed by atoms with van der Waals surface area (Å²) in [4.78, 5) is 10.7. The van der Waals surface area contributed by atoms with E-state index in [2.05, 4.69) is 165 Å². The molecule has 1 unspecified atom stereocenters. The quantitative estimate of drug-likeness (QED) is 0.195. The molecule has 7 heteroatoms. The maximum Gasteiger partial charge on any atom is 0.235 e. The number of aromatic nitrogens is 3. The van der Waals surface area contributed by atoms with E-state index in [0.29, 0.717) is 5.96 Å². The fourth-order valence-electron chi connectivity index (χ4n) is 8.70. The molecule has 5 heterocycles. The Balaban J connectivity index is 0.00000190.